The van der Waals surface area contributed by atoms with Gasteiger partial charge < -0.3 is 9.47 Å². The first-order valence-electron chi connectivity index (χ1n) is 6.37. The Bertz CT molecular complexity index is 577. The average molecular weight is 256 g/mol. The van der Waals surface area contributed by atoms with E-state index in [1.54, 1.807) is 14.2 Å². The van der Waals surface area contributed by atoms with Crippen molar-refractivity contribution in [2.24, 2.45) is 0 Å². The molecule has 100 valence electrons. The second-order valence-electron chi connectivity index (χ2n) is 4.84. The zero-order valence-electron chi connectivity index (χ0n) is 12.2. The van der Waals surface area contributed by atoms with Gasteiger partial charge in [0.05, 0.1) is 14.2 Å². The second-order valence-corrected chi connectivity index (χ2v) is 4.84. The van der Waals surface area contributed by atoms with Crippen molar-refractivity contribution in [2.75, 3.05) is 14.2 Å². The highest BCUT2D eigenvalue weighted by molar-refractivity contribution is 5.77. The number of aryl methyl sites for hydroxylation is 3. The molecule has 0 amide bonds. The average Bonchev–Trinajstić information content (AvgIpc) is 2.37. The number of rotatable bonds is 3. The molecule has 2 aromatic rings. The van der Waals surface area contributed by atoms with E-state index in [1.165, 1.54) is 22.3 Å². The fourth-order valence-electron chi connectivity index (χ4n) is 2.61. The summed E-state index contributed by atoms with van der Waals surface area (Å²) in [7, 11) is 3.38. The molecule has 0 bridgehead atoms. The first-order valence-corrected chi connectivity index (χ1v) is 6.37. The maximum atomic E-state index is 5.48. The van der Waals surface area contributed by atoms with Gasteiger partial charge in [-0.2, -0.15) is 0 Å². The Morgan fingerprint density at radius 1 is 0.789 bits per heavy atom. The lowest BCUT2D eigenvalue weighted by atomic mass is 9.93. The lowest BCUT2D eigenvalue weighted by molar-refractivity contribution is 0.404. The van der Waals surface area contributed by atoms with Crippen molar-refractivity contribution in [3.05, 3.63) is 47.0 Å². The van der Waals surface area contributed by atoms with Gasteiger partial charge in [-0.1, -0.05) is 17.7 Å². The van der Waals surface area contributed by atoms with E-state index in [0.29, 0.717) is 0 Å². The molecule has 2 rings (SSSR count). The second kappa shape index (κ2) is 5.35. The van der Waals surface area contributed by atoms with Crippen LogP contribution in [0.25, 0.3) is 11.1 Å². The molecule has 0 radical (unpaired) electrons. The van der Waals surface area contributed by atoms with Gasteiger partial charge in [0.15, 0.2) is 0 Å². The molecule has 0 aliphatic rings. The summed E-state index contributed by atoms with van der Waals surface area (Å²) in [5.74, 6) is 1.71. The molecule has 0 aliphatic heterocycles. The molecule has 0 fully saturated rings. The maximum absolute atomic E-state index is 5.48. The smallest absolute Gasteiger partial charge is 0.126 e. The lowest BCUT2D eigenvalue weighted by Crippen LogP contribution is -1.95. The van der Waals surface area contributed by atoms with Crippen LogP contribution in [0.3, 0.4) is 0 Å². The Hall–Kier alpha value is -1.96. The first-order chi connectivity index (χ1) is 9.06. The fourth-order valence-corrected chi connectivity index (χ4v) is 2.61. The van der Waals surface area contributed by atoms with E-state index in [4.69, 9.17) is 9.47 Å². The highest BCUT2D eigenvalue weighted by atomic mass is 16.5. The number of hydrogen-bond acceptors (Lipinski definition) is 2. The van der Waals surface area contributed by atoms with Crippen LogP contribution in [0.1, 0.15) is 16.7 Å². The largest absolute Gasteiger partial charge is 0.497 e. The minimum absolute atomic E-state index is 0.843. The van der Waals surface area contributed by atoms with Crippen LogP contribution >= 0.6 is 0 Å². The molecule has 0 saturated heterocycles. The van der Waals surface area contributed by atoms with Gasteiger partial charge in [-0.15, -0.1) is 0 Å². The highest BCUT2D eigenvalue weighted by Crippen LogP contribution is 2.37. The van der Waals surface area contributed by atoms with Gasteiger partial charge >= 0.3 is 0 Å². The Labute approximate surface area is 115 Å². The predicted molar refractivity (Wildman–Crippen MR) is 79.2 cm³/mol. The fraction of sp³-hybridized carbons (Fsp3) is 0.294. The Balaban J connectivity index is 2.70. The monoisotopic (exact) mass is 256 g/mol. The van der Waals surface area contributed by atoms with Crippen molar-refractivity contribution < 1.29 is 9.47 Å². The molecule has 0 saturated carbocycles. The van der Waals surface area contributed by atoms with E-state index in [1.807, 2.05) is 18.2 Å². The number of benzene rings is 2. The molecule has 0 unspecified atom stereocenters. The molecule has 0 spiro atoms. The van der Waals surface area contributed by atoms with Gasteiger partial charge in [-0.3, -0.25) is 0 Å². The summed E-state index contributed by atoms with van der Waals surface area (Å²) in [4.78, 5) is 0. The van der Waals surface area contributed by atoms with Crippen LogP contribution in [0.2, 0.25) is 0 Å². The molecule has 19 heavy (non-hydrogen) atoms. The summed E-state index contributed by atoms with van der Waals surface area (Å²) in [6, 6.07) is 10.3. The van der Waals surface area contributed by atoms with Gasteiger partial charge in [0, 0.05) is 5.56 Å². The SMILES string of the molecule is COc1ccc(OC)c(-c2c(C)cc(C)cc2C)c1. The molecule has 0 atom stereocenters. The summed E-state index contributed by atoms with van der Waals surface area (Å²) in [5, 5.41) is 0. The Morgan fingerprint density at radius 2 is 1.42 bits per heavy atom. The first kappa shape index (κ1) is 13.5. The van der Waals surface area contributed by atoms with Gasteiger partial charge in [0.25, 0.3) is 0 Å². The third kappa shape index (κ3) is 2.58. The third-order valence-electron chi connectivity index (χ3n) is 3.35. The number of methoxy groups -OCH3 is 2. The van der Waals surface area contributed by atoms with E-state index in [9.17, 15) is 0 Å². The summed E-state index contributed by atoms with van der Waals surface area (Å²) >= 11 is 0. The van der Waals surface area contributed by atoms with Crippen LogP contribution in [-0.4, -0.2) is 14.2 Å². The van der Waals surface area contributed by atoms with E-state index in [-0.39, 0.29) is 0 Å². The van der Waals surface area contributed by atoms with Gasteiger partial charge in [0.2, 0.25) is 0 Å². The van der Waals surface area contributed by atoms with Gasteiger partial charge in [-0.05, 0) is 55.7 Å². The van der Waals surface area contributed by atoms with Crippen molar-refractivity contribution in [3.8, 4) is 22.6 Å². The molecule has 0 heterocycles. The normalized spacial score (nSPS) is 10.4. The lowest BCUT2D eigenvalue weighted by Gasteiger charge is -2.16. The summed E-state index contributed by atoms with van der Waals surface area (Å²) < 4.78 is 10.8. The van der Waals surface area contributed by atoms with Crippen molar-refractivity contribution in [1.82, 2.24) is 0 Å². The van der Waals surface area contributed by atoms with Crippen molar-refractivity contribution in [1.29, 1.82) is 0 Å². The summed E-state index contributed by atoms with van der Waals surface area (Å²) in [5.41, 5.74) is 6.09. The molecular weight excluding hydrogens is 236 g/mol. The number of hydrogen-bond donors (Lipinski definition) is 0. The van der Waals surface area contributed by atoms with Crippen molar-refractivity contribution >= 4 is 0 Å². The molecule has 2 heteroatoms. The van der Waals surface area contributed by atoms with E-state index >= 15 is 0 Å². The molecule has 0 N–H and O–H groups in total. The van der Waals surface area contributed by atoms with Crippen LogP contribution in [0.5, 0.6) is 11.5 Å². The van der Waals surface area contributed by atoms with Crippen LogP contribution in [0.4, 0.5) is 0 Å². The maximum Gasteiger partial charge on any atom is 0.126 e. The minimum atomic E-state index is 0.843. The van der Waals surface area contributed by atoms with Crippen LogP contribution in [-0.2, 0) is 0 Å². The molecule has 0 aromatic heterocycles. The van der Waals surface area contributed by atoms with Crippen molar-refractivity contribution in [3.63, 3.8) is 0 Å². The standard InChI is InChI=1S/C17H20O2/c1-11-8-12(2)17(13(3)9-11)15-10-14(18-4)6-7-16(15)19-5/h6-10H,1-5H3. The van der Waals surface area contributed by atoms with Crippen LogP contribution < -0.4 is 9.47 Å². The van der Waals surface area contributed by atoms with Gasteiger partial charge in [0.1, 0.15) is 11.5 Å². The predicted octanol–water partition coefficient (Wildman–Crippen LogP) is 4.30. The zero-order chi connectivity index (χ0) is 14.0. The quantitative estimate of drug-likeness (QED) is 0.815. The topological polar surface area (TPSA) is 18.5 Å². The van der Waals surface area contributed by atoms with Crippen LogP contribution in [0, 0.1) is 20.8 Å². The third-order valence-corrected chi connectivity index (χ3v) is 3.35. The Kier molecular flexibility index (Phi) is 3.79. The van der Waals surface area contributed by atoms with E-state index < -0.39 is 0 Å². The van der Waals surface area contributed by atoms with E-state index in [0.717, 1.165) is 17.1 Å². The van der Waals surface area contributed by atoms with Crippen LogP contribution in [0.15, 0.2) is 30.3 Å². The van der Waals surface area contributed by atoms with Gasteiger partial charge in [-0.25, -0.2) is 0 Å². The Morgan fingerprint density at radius 3 is 1.95 bits per heavy atom. The summed E-state index contributed by atoms with van der Waals surface area (Å²) in [6.45, 7) is 6.38. The minimum Gasteiger partial charge on any atom is -0.497 e. The summed E-state index contributed by atoms with van der Waals surface area (Å²) in [6.07, 6.45) is 0. The highest BCUT2D eigenvalue weighted by Gasteiger charge is 2.12. The molecular formula is C17H20O2. The number of ether oxygens (including phenoxy) is 2. The van der Waals surface area contributed by atoms with E-state index in [2.05, 4.69) is 32.9 Å². The molecule has 2 aromatic carbocycles. The van der Waals surface area contributed by atoms with Crippen molar-refractivity contribution in [2.45, 2.75) is 20.8 Å². The molecule has 0 aliphatic carbocycles. The molecule has 2 nitrogen and oxygen atoms in total. The zero-order valence-corrected chi connectivity index (χ0v) is 12.2.